The van der Waals surface area contributed by atoms with Gasteiger partial charge in [0.15, 0.2) is 5.82 Å². The zero-order chi connectivity index (χ0) is 34.6. The largest absolute Gasteiger partial charge is 0.352 e. The third-order valence-electron chi connectivity index (χ3n) is 9.59. The fraction of sp³-hybridized carbons (Fsp3) is 0.250. The molecule has 0 aliphatic carbocycles. The first-order valence-corrected chi connectivity index (χ1v) is 17.0. The summed E-state index contributed by atoms with van der Waals surface area (Å²) in [6.45, 7) is 1.07. The van der Waals surface area contributed by atoms with Gasteiger partial charge in [0.05, 0.1) is 18.5 Å². The van der Waals surface area contributed by atoms with Gasteiger partial charge in [-0.25, -0.2) is 4.39 Å². The highest BCUT2D eigenvalue weighted by Crippen LogP contribution is 2.32. The molecule has 3 heterocycles. The number of aromatic nitrogens is 1. The van der Waals surface area contributed by atoms with E-state index in [0.29, 0.717) is 53.8 Å². The maximum Gasteiger partial charge on any atom is 0.247 e. The lowest BCUT2D eigenvalue weighted by Crippen LogP contribution is -2.43. The minimum Gasteiger partial charge on any atom is -0.352 e. The highest BCUT2D eigenvalue weighted by molar-refractivity contribution is 6.00. The summed E-state index contributed by atoms with van der Waals surface area (Å²) in [7, 11) is 0. The van der Waals surface area contributed by atoms with E-state index < -0.39 is 17.9 Å². The van der Waals surface area contributed by atoms with Gasteiger partial charge < -0.3 is 25.4 Å². The number of fused-ring (bicyclic) bond motifs is 1. The molecular weight excluding hydrogens is 633 g/mol. The van der Waals surface area contributed by atoms with Crippen molar-refractivity contribution in [2.75, 3.05) is 23.7 Å². The molecular formula is C40H38FN5O4. The van der Waals surface area contributed by atoms with E-state index in [2.05, 4.69) is 15.6 Å². The SMILES string of the molecule is O=C(Nc1ccc(-c2[nH]c3ccc(NC(=O)[C@@H]4CCCN4C(=O)Cc4ccccc4)cc3c2F)cc1)[C@@H]1CCCN1C(=O)Cc1ccccc1. The monoisotopic (exact) mass is 671 g/mol. The van der Waals surface area contributed by atoms with Crippen LogP contribution in [0.25, 0.3) is 22.2 Å². The van der Waals surface area contributed by atoms with Gasteiger partial charge in [0, 0.05) is 40.9 Å². The summed E-state index contributed by atoms with van der Waals surface area (Å²) in [5, 5.41) is 6.13. The van der Waals surface area contributed by atoms with E-state index in [1.807, 2.05) is 60.7 Å². The second-order valence-corrected chi connectivity index (χ2v) is 12.9. The molecule has 4 aromatic carbocycles. The fourth-order valence-electron chi connectivity index (χ4n) is 7.03. The van der Waals surface area contributed by atoms with Crippen molar-refractivity contribution < 1.29 is 23.6 Å². The number of nitrogens with zero attached hydrogens (tertiary/aromatic N) is 2. The summed E-state index contributed by atoms with van der Waals surface area (Å²) >= 11 is 0. The average molecular weight is 672 g/mol. The summed E-state index contributed by atoms with van der Waals surface area (Å²) in [4.78, 5) is 58.9. The molecule has 0 unspecified atom stereocenters. The second kappa shape index (κ2) is 14.4. The van der Waals surface area contributed by atoms with Gasteiger partial charge in [-0.05, 0) is 67.1 Å². The van der Waals surface area contributed by atoms with E-state index in [1.54, 1.807) is 52.3 Å². The van der Waals surface area contributed by atoms with Crippen LogP contribution in [0.3, 0.4) is 0 Å². The van der Waals surface area contributed by atoms with Gasteiger partial charge in [0.2, 0.25) is 23.6 Å². The first-order valence-electron chi connectivity index (χ1n) is 17.0. The van der Waals surface area contributed by atoms with E-state index >= 15 is 4.39 Å². The van der Waals surface area contributed by atoms with Crippen molar-refractivity contribution in [1.82, 2.24) is 14.8 Å². The van der Waals surface area contributed by atoms with Crippen LogP contribution in [0.1, 0.15) is 36.8 Å². The molecule has 0 radical (unpaired) electrons. The van der Waals surface area contributed by atoms with Crippen molar-refractivity contribution in [3.05, 3.63) is 120 Å². The molecule has 0 saturated carbocycles. The van der Waals surface area contributed by atoms with E-state index in [1.165, 1.54) is 0 Å². The third-order valence-corrected chi connectivity index (χ3v) is 9.59. The number of benzene rings is 4. The number of aromatic amines is 1. The third kappa shape index (κ3) is 7.01. The Labute approximate surface area is 289 Å². The predicted octanol–water partition coefficient (Wildman–Crippen LogP) is 6.32. The van der Waals surface area contributed by atoms with Crippen molar-refractivity contribution in [3.8, 4) is 11.3 Å². The van der Waals surface area contributed by atoms with Crippen molar-refractivity contribution in [1.29, 1.82) is 0 Å². The number of nitrogens with one attached hydrogen (secondary N) is 3. The molecule has 254 valence electrons. The number of likely N-dealkylation sites (tertiary alicyclic amines) is 2. The molecule has 2 atom stereocenters. The highest BCUT2D eigenvalue weighted by Gasteiger charge is 2.35. The smallest absolute Gasteiger partial charge is 0.247 e. The summed E-state index contributed by atoms with van der Waals surface area (Å²) < 4.78 is 15.8. The molecule has 5 aromatic rings. The number of carbonyl (C=O) groups is 4. The van der Waals surface area contributed by atoms with Crippen LogP contribution in [0, 0.1) is 5.82 Å². The Balaban J connectivity index is 0.991. The average Bonchev–Trinajstić information content (AvgIpc) is 3.89. The van der Waals surface area contributed by atoms with Gasteiger partial charge in [-0.1, -0.05) is 72.8 Å². The number of carbonyl (C=O) groups excluding carboxylic acids is 4. The zero-order valence-corrected chi connectivity index (χ0v) is 27.5. The minimum absolute atomic E-state index is 0.0735. The summed E-state index contributed by atoms with van der Waals surface area (Å²) in [6, 6.07) is 29.7. The van der Waals surface area contributed by atoms with Crippen LogP contribution in [-0.4, -0.2) is 63.6 Å². The summed E-state index contributed by atoms with van der Waals surface area (Å²) in [6.07, 6.45) is 3.14. The maximum absolute atomic E-state index is 15.8. The molecule has 2 saturated heterocycles. The first-order chi connectivity index (χ1) is 24.3. The van der Waals surface area contributed by atoms with Crippen LogP contribution in [-0.2, 0) is 32.0 Å². The van der Waals surface area contributed by atoms with Crippen LogP contribution < -0.4 is 10.6 Å². The lowest BCUT2D eigenvalue weighted by atomic mass is 10.1. The summed E-state index contributed by atoms with van der Waals surface area (Å²) in [5.41, 5.74) is 4.23. The van der Waals surface area contributed by atoms with Gasteiger partial charge in [0.25, 0.3) is 0 Å². The van der Waals surface area contributed by atoms with Crippen molar-refractivity contribution in [3.63, 3.8) is 0 Å². The predicted molar refractivity (Wildman–Crippen MR) is 191 cm³/mol. The minimum atomic E-state index is -0.584. The normalized spacial score (nSPS) is 17.2. The van der Waals surface area contributed by atoms with Crippen LogP contribution >= 0.6 is 0 Å². The highest BCUT2D eigenvalue weighted by atomic mass is 19.1. The fourth-order valence-corrected chi connectivity index (χ4v) is 7.03. The van der Waals surface area contributed by atoms with Crippen LogP contribution in [0.2, 0.25) is 0 Å². The van der Waals surface area contributed by atoms with E-state index in [0.717, 1.165) is 24.0 Å². The van der Waals surface area contributed by atoms with Crippen molar-refractivity contribution >= 4 is 45.9 Å². The van der Waals surface area contributed by atoms with Gasteiger partial charge in [0.1, 0.15) is 12.1 Å². The van der Waals surface area contributed by atoms with Crippen LogP contribution in [0.15, 0.2) is 103 Å². The van der Waals surface area contributed by atoms with Gasteiger partial charge in [-0.15, -0.1) is 0 Å². The Morgan fingerprint density at radius 1 is 0.660 bits per heavy atom. The molecule has 7 rings (SSSR count). The topological polar surface area (TPSA) is 115 Å². The number of hydrogen-bond donors (Lipinski definition) is 3. The number of hydrogen-bond acceptors (Lipinski definition) is 4. The second-order valence-electron chi connectivity index (χ2n) is 12.9. The van der Waals surface area contributed by atoms with Crippen LogP contribution in [0.5, 0.6) is 0 Å². The first kappa shape index (κ1) is 32.8. The van der Waals surface area contributed by atoms with Gasteiger partial charge in [-0.2, -0.15) is 0 Å². The lowest BCUT2D eigenvalue weighted by molar-refractivity contribution is -0.136. The number of amides is 4. The maximum atomic E-state index is 15.8. The number of halogens is 1. The Kier molecular flexibility index (Phi) is 9.42. The molecule has 0 bridgehead atoms. The van der Waals surface area contributed by atoms with Gasteiger partial charge >= 0.3 is 0 Å². The standard InChI is InChI=1S/C40H38FN5O4/c41-37-31-25-30(43-40(50)34-14-8-22-46(34)36(48)24-27-11-5-2-6-12-27)19-20-32(31)44-38(37)28-15-17-29(18-16-28)42-39(49)33-13-7-21-45(33)35(47)23-26-9-3-1-4-10-26/h1-6,9-12,15-20,25,33-34,44H,7-8,13-14,21-24H2,(H,42,49)(H,43,50)/t33-,34-/m0/s1. The molecule has 9 nitrogen and oxygen atoms in total. The number of rotatable bonds is 9. The molecule has 2 aliphatic rings. The summed E-state index contributed by atoms with van der Waals surface area (Å²) in [5.74, 6) is -1.17. The Bertz CT molecular complexity index is 2030. The Morgan fingerprint density at radius 3 is 1.70 bits per heavy atom. The lowest BCUT2D eigenvalue weighted by Gasteiger charge is -2.24. The van der Waals surface area contributed by atoms with Gasteiger partial charge in [-0.3, -0.25) is 19.2 Å². The van der Waals surface area contributed by atoms with E-state index in [-0.39, 0.29) is 42.2 Å². The Hall–Kier alpha value is -5.77. The van der Waals surface area contributed by atoms with E-state index in [9.17, 15) is 19.2 Å². The molecule has 50 heavy (non-hydrogen) atoms. The Morgan fingerprint density at radius 2 is 1.16 bits per heavy atom. The van der Waals surface area contributed by atoms with Crippen molar-refractivity contribution in [2.45, 2.75) is 50.6 Å². The molecule has 2 fully saturated rings. The molecule has 2 aliphatic heterocycles. The van der Waals surface area contributed by atoms with Crippen LogP contribution in [0.4, 0.5) is 15.8 Å². The van der Waals surface area contributed by atoms with E-state index in [4.69, 9.17) is 0 Å². The molecule has 1 aromatic heterocycles. The molecule has 4 amide bonds. The number of H-pyrrole nitrogens is 1. The molecule has 10 heteroatoms. The van der Waals surface area contributed by atoms with Crippen molar-refractivity contribution in [2.24, 2.45) is 0 Å². The number of anilines is 2. The molecule has 3 N–H and O–H groups in total. The zero-order valence-electron chi connectivity index (χ0n) is 27.5. The molecule has 0 spiro atoms. The quantitative estimate of drug-likeness (QED) is 0.170.